The van der Waals surface area contributed by atoms with E-state index in [0.717, 1.165) is 24.1 Å². The van der Waals surface area contributed by atoms with Crippen LogP contribution < -0.4 is 5.32 Å². The van der Waals surface area contributed by atoms with Gasteiger partial charge in [-0.15, -0.1) is 11.3 Å². The molecule has 0 saturated heterocycles. The second-order valence-electron chi connectivity index (χ2n) is 4.69. The van der Waals surface area contributed by atoms with Crippen molar-refractivity contribution in [1.82, 2.24) is 5.32 Å². The van der Waals surface area contributed by atoms with E-state index in [2.05, 4.69) is 12.2 Å². The zero-order valence-electron chi connectivity index (χ0n) is 11.3. The normalized spacial score (nSPS) is 12.7. The Labute approximate surface area is 132 Å². The molecule has 0 saturated carbocycles. The maximum absolute atomic E-state index is 14.2. The molecule has 20 heavy (non-hydrogen) atoms. The highest BCUT2D eigenvalue weighted by Gasteiger charge is 2.21. The van der Waals surface area contributed by atoms with Crippen LogP contribution in [0.2, 0.25) is 8.67 Å². The zero-order chi connectivity index (χ0) is 14.7. The molecule has 0 aliphatic heterocycles. The van der Waals surface area contributed by atoms with Gasteiger partial charge < -0.3 is 5.32 Å². The van der Waals surface area contributed by atoms with Crippen LogP contribution in [0, 0.1) is 12.7 Å². The standard InChI is InChI=1S/C15H16Cl2FNS/c1-3-6-19-14(11-8-13(16)20-15(11)17)10-5-4-9(2)7-12(10)18/h4-5,7-8,14,19H,3,6H2,1-2H3. The van der Waals surface area contributed by atoms with Gasteiger partial charge in [0.2, 0.25) is 0 Å². The molecule has 1 heterocycles. The first-order valence-corrected chi connectivity index (χ1v) is 8.04. The largest absolute Gasteiger partial charge is 0.306 e. The number of hydrogen-bond acceptors (Lipinski definition) is 2. The summed E-state index contributed by atoms with van der Waals surface area (Å²) < 4.78 is 15.5. The van der Waals surface area contributed by atoms with Crippen LogP contribution in [0.25, 0.3) is 0 Å². The van der Waals surface area contributed by atoms with E-state index < -0.39 is 0 Å². The molecule has 0 fully saturated rings. The molecule has 5 heteroatoms. The molecule has 1 aromatic heterocycles. The van der Waals surface area contributed by atoms with Gasteiger partial charge >= 0.3 is 0 Å². The first-order chi connectivity index (χ1) is 9.52. The monoisotopic (exact) mass is 331 g/mol. The van der Waals surface area contributed by atoms with E-state index in [0.29, 0.717) is 14.2 Å². The predicted molar refractivity (Wildman–Crippen MR) is 85.6 cm³/mol. The fraction of sp³-hybridized carbons (Fsp3) is 0.333. The quantitative estimate of drug-likeness (QED) is 0.752. The van der Waals surface area contributed by atoms with Gasteiger partial charge in [0.05, 0.1) is 14.7 Å². The van der Waals surface area contributed by atoms with Crippen LogP contribution >= 0.6 is 34.5 Å². The molecule has 1 aromatic carbocycles. The van der Waals surface area contributed by atoms with Gasteiger partial charge in [0.25, 0.3) is 0 Å². The van der Waals surface area contributed by atoms with Gasteiger partial charge in [-0.3, -0.25) is 0 Å². The van der Waals surface area contributed by atoms with E-state index in [1.54, 1.807) is 12.1 Å². The summed E-state index contributed by atoms with van der Waals surface area (Å²) in [6, 6.07) is 6.78. The van der Waals surface area contributed by atoms with E-state index in [-0.39, 0.29) is 11.9 Å². The minimum absolute atomic E-state index is 0.225. The predicted octanol–water partition coefficient (Wildman–Crippen LogP) is 5.59. The highest BCUT2D eigenvalue weighted by Crippen LogP contribution is 2.38. The lowest BCUT2D eigenvalue weighted by molar-refractivity contribution is 0.547. The minimum Gasteiger partial charge on any atom is -0.306 e. The molecule has 0 radical (unpaired) electrons. The number of hydrogen-bond donors (Lipinski definition) is 1. The van der Waals surface area contributed by atoms with Crippen LogP contribution in [0.1, 0.15) is 36.1 Å². The summed E-state index contributed by atoms with van der Waals surface area (Å²) in [5.74, 6) is -0.225. The van der Waals surface area contributed by atoms with Crippen LogP contribution in [0.15, 0.2) is 24.3 Å². The Morgan fingerprint density at radius 3 is 2.55 bits per heavy atom. The summed E-state index contributed by atoms with van der Waals surface area (Å²) in [7, 11) is 0. The van der Waals surface area contributed by atoms with Gasteiger partial charge in [0.15, 0.2) is 0 Å². The number of aryl methyl sites for hydroxylation is 1. The third-order valence-electron chi connectivity index (χ3n) is 3.06. The number of halogens is 3. The highest BCUT2D eigenvalue weighted by molar-refractivity contribution is 7.20. The molecule has 0 bridgehead atoms. The third kappa shape index (κ3) is 3.53. The Morgan fingerprint density at radius 2 is 2.00 bits per heavy atom. The van der Waals surface area contributed by atoms with Crippen molar-refractivity contribution in [2.45, 2.75) is 26.3 Å². The van der Waals surface area contributed by atoms with Crippen molar-refractivity contribution in [1.29, 1.82) is 0 Å². The molecule has 0 spiro atoms. The van der Waals surface area contributed by atoms with Crippen LogP contribution in [0.4, 0.5) is 4.39 Å². The van der Waals surface area contributed by atoms with E-state index >= 15 is 0 Å². The maximum Gasteiger partial charge on any atom is 0.128 e. The molecule has 1 unspecified atom stereocenters. The van der Waals surface area contributed by atoms with Gasteiger partial charge in [-0.05, 0) is 37.6 Å². The van der Waals surface area contributed by atoms with Crippen molar-refractivity contribution in [3.63, 3.8) is 0 Å². The molecule has 2 rings (SSSR count). The summed E-state index contributed by atoms with van der Waals surface area (Å²) in [6.07, 6.45) is 0.958. The molecule has 1 N–H and O–H groups in total. The van der Waals surface area contributed by atoms with Gasteiger partial charge in [-0.25, -0.2) is 4.39 Å². The molecule has 0 amide bonds. The van der Waals surface area contributed by atoms with Crippen LogP contribution in [0.5, 0.6) is 0 Å². The fourth-order valence-electron chi connectivity index (χ4n) is 2.09. The van der Waals surface area contributed by atoms with E-state index in [9.17, 15) is 4.39 Å². The smallest absolute Gasteiger partial charge is 0.128 e. The first-order valence-electron chi connectivity index (χ1n) is 6.47. The Hall–Kier alpha value is -0.610. The lowest BCUT2D eigenvalue weighted by atomic mass is 9.99. The molecular weight excluding hydrogens is 316 g/mol. The Balaban J connectivity index is 2.44. The average molecular weight is 332 g/mol. The van der Waals surface area contributed by atoms with Crippen molar-refractivity contribution in [2.24, 2.45) is 0 Å². The number of nitrogens with one attached hydrogen (secondary N) is 1. The minimum atomic E-state index is -0.271. The average Bonchev–Trinajstić information content (AvgIpc) is 2.71. The summed E-state index contributed by atoms with van der Waals surface area (Å²) >= 11 is 13.5. The van der Waals surface area contributed by atoms with E-state index in [1.165, 1.54) is 17.4 Å². The second kappa shape index (κ2) is 6.90. The van der Waals surface area contributed by atoms with Crippen molar-refractivity contribution in [3.05, 3.63) is 55.4 Å². The Bertz CT molecular complexity index is 598. The number of rotatable bonds is 5. The molecule has 1 nitrogen and oxygen atoms in total. The van der Waals surface area contributed by atoms with E-state index in [1.807, 2.05) is 13.0 Å². The van der Waals surface area contributed by atoms with Crippen molar-refractivity contribution >= 4 is 34.5 Å². The molecular formula is C15H16Cl2FNS. The van der Waals surface area contributed by atoms with E-state index in [4.69, 9.17) is 23.2 Å². The van der Waals surface area contributed by atoms with Gasteiger partial charge in [-0.2, -0.15) is 0 Å². The number of thiophene rings is 1. The molecule has 0 aliphatic carbocycles. The zero-order valence-corrected chi connectivity index (χ0v) is 13.7. The van der Waals surface area contributed by atoms with Gasteiger partial charge in [0, 0.05) is 11.1 Å². The molecule has 108 valence electrons. The van der Waals surface area contributed by atoms with Crippen LogP contribution in [-0.2, 0) is 0 Å². The van der Waals surface area contributed by atoms with Crippen LogP contribution in [-0.4, -0.2) is 6.54 Å². The topological polar surface area (TPSA) is 12.0 Å². The maximum atomic E-state index is 14.2. The summed E-state index contributed by atoms with van der Waals surface area (Å²) in [5, 5.41) is 3.34. The van der Waals surface area contributed by atoms with Gasteiger partial charge in [0.1, 0.15) is 5.82 Å². The highest BCUT2D eigenvalue weighted by atomic mass is 35.5. The third-order valence-corrected chi connectivity index (χ3v) is 4.58. The van der Waals surface area contributed by atoms with Crippen LogP contribution in [0.3, 0.4) is 0 Å². The Kier molecular flexibility index (Phi) is 5.44. The van der Waals surface area contributed by atoms with Crippen molar-refractivity contribution in [3.8, 4) is 0 Å². The summed E-state index contributed by atoms with van der Waals surface area (Å²) in [6.45, 7) is 4.72. The van der Waals surface area contributed by atoms with Crippen molar-refractivity contribution < 1.29 is 4.39 Å². The van der Waals surface area contributed by atoms with Gasteiger partial charge in [-0.1, -0.05) is 42.3 Å². The lowest BCUT2D eigenvalue weighted by Crippen LogP contribution is -2.24. The van der Waals surface area contributed by atoms with Crippen molar-refractivity contribution in [2.75, 3.05) is 6.54 Å². The number of benzene rings is 1. The lowest BCUT2D eigenvalue weighted by Gasteiger charge is -2.19. The molecule has 0 aliphatic rings. The molecule has 2 aromatic rings. The molecule has 1 atom stereocenters. The Morgan fingerprint density at radius 1 is 1.25 bits per heavy atom. The summed E-state index contributed by atoms with van der Waals surface area (Å²) in [4.78, 5) is 0. The summed E-state index contributed by atoms with van der Waals surface area (Å²) in [5.41, 5.74) is 2.33. The SMILES string of the molecule is CCCNC(c1ccc(C)cc1F)c1cc(Cl)sc1Cl. The fourth-order valence-corrected chi connectivity index (χ4v) is 3.62. The first kappa shape index (κ1) is 15.8. The second-order valence-corrected chi connectivity index (χ2v) is 6.98.